The molecule has 1 aromatic carbocycles. The molecule has 0 radical (unpaired) electrons. The summed E-state index contributed by atoms with van der Waals surface area (Å²) in [6, 6.07) is 6.17. The van der Waals surface area contributed by atoms with Gasteiger partial charge in [0.25, 0.3) is 0 Å². The molecule has 1 aromatic heterocycles. The van der Waals surface area contributed by atoms with Gasteiger partial charge in [0.1, 0.15) is 5.82 Å². The summed E-state index contributed by atoms with van der Waals surface area (Å²) in [4.78, 5) is 4.36. The molecule has 0 spiro atoms. The van der Waals surface area contributed by atoms with E-state index in [2.05, 4.69) is 10.1 Å². The molecule has 0 atom stereocenters. The van der Waals surface area contributed by atoms with Gasteiger partial charge in [0.2, 0.25) is 11.7 Å². The van der Waals surface area contributed by atoms with Crippen molar-refractivity contribution in [3.8, 4) is 11.4 Å². The molecule has 5 heteroatoms. The topological polar surface area (TPSA) is 64.9 Å². The lowest BCUT2D eigenvalue weighted by Gasteiger charge is -2.36. The second kappa shape index (κ2) is 4.17. The van der Waals surface area contributed by atoms with Crippen LogP contribution in [0.25, 0.3) is 11.4 Å². The van der Waals surface area contributed by atoms with Crippen LogP contribution < -0.4 is 5.73 Å². The first-order valence-electron chi connectivity index (χ1n) is 6.04. The van der Waals surface area contributed by atoms with Gasteiger partial charge in [-0.15, -0.1) is 0 Å². The largest absolute Gasteiger partial charge is 0.338 e. The molecule has 18 heavy (non-hydrogen) atoms. The van der Waals surface area contributed by atoms with Crippen molar-refractivity contribution in [2.75, 3.05) is 6.54 Å². The molecule has 1 fully saturated rings. The maximum absolute atomic E-state index is 13.1. The minimum Gasteiger partial charge on any atom is -0.338 e. The monoisotopic (exact) mass is 247 g/mol. The first-order valence-corrected chi connectivity index (χ1v) is 6.04. The van der Waals surface area contributed by atoms with Gasteiger partial charge in [-0.25, -0.2) is 4.39 Å². The Morgan fingerprint density at radius 3 is 2.83 bits per heavy atom. The standard InChI is InChI=1S/C13H14FN3O/c14-10-4-1-3-9(7-10)11-16-12(18-17-11)13(8-15)5-2-6-13/h1,3-4,7H,2,5-6,8,15H2. The van der Waals surface area contributed by atoms with E-state index < -0.39 is 0 Å². The number of nitrogens with two attached hydrogens (primary N) is 1. The Hall–Kier alpha value is -1.75. The predicted octanol–water partition coefficient (Wildman–Crippen LogP) is 2.26. The number of rotatable bonds is 3. The normalized spacial score (nSPS) is 17.4. The lowest BCUT2D eigenvalue weighted by Crippen LogP contribution is -2.41. The highest BCUT2D eigenvalue weighted by Crippen LogP contribution is 2.42. The molecule has 0 unspecified atom stereocenters. The molecular weight excluding hydrogens is 233 g/mol. The van der Waals surface area contributed by atoms with Crippen LogP contribution in [0.5, 0.6) is 0 Å². The van der Waals surface area contributed by atoms with Gasteiger partial charge in [0.05, 0.1) is 5.41 Å². The second-order valence-corrected chi connectivity index (χ2v) is 4.77. The minimum absolute atomic E-state index is 0.154. The Morgan fingerprint density at radius 1 is 1.39 bits per heavy atom. The van der Waals surface area contributed by atoms with E-state index in [0.29, 0.717) is 23.8 Å². The fourth-order valence-corrected chi connectivity index (χ4v) is 2.29. The summed E-state index contributed by atoms with van der Waals surface area (Å²) in [5.41, 5.74) is 6.25. The third kappa shape index (κ3) is 1.71. The lowest BCUT2D eigenvalue weighted by atomic mass is 9.69. The SMILES string of the molecule is NCC1(c2nc(-c3cccc(F)c3)no2)CCC1. The van der Waals surface area contributed by atoms with Crippen LogP contribution in [0, 0.1) is 5.82 Å². The van der Waals surface area contributed by atoms with Gasteiger partial charge in [0.15, 0.2) is 0 Å². The van der Waals surface area contributed by atoms with Crippen LogP contribution in [0.2, 0.25) is 0 Å². The summed E-state index contributed by atoms with van der Waals surface area (Å²) in [5.74, 6) is 0.691. The van der Waals surface area contributed by atoms with Crippen molar-refractivity contribution in [1.82, 2.24) is 10.1 Å². The molecule has 94 valence electrons. The molecule has 1 saturated carbocycles. The van der Waals surface area contributed by atoms with Gasteiger partial charge < -0.3 is 10.3 Å². The molecule has 1 heterocycles. The van der Waals surface area contributed by atoms with Crippen LogP contribution in [0.15, 0.2) is 28.8 Å². The van der Waals surface area contributed by atoms with Gasteiger partial charge in [-0.3, -0.25) is 0 Å². The van der Waals surface area contributed by atoms with E-state index >= 15 is 0 Å². The maximum Gasteiger partial charge on any atom is 0.234 e. The first kappa shape index (κ1) is 11.3. The van der Waals surface area contributed by atoms with E-state index in [1.54, 1.807) is 12.1 Å². The number of hydrogen-bond acceptors (Lipinski definition) is 4. The summed E-state index contributed by atoms with van der Waals surface area (Å²) in [6.45, 7) is 0.512. The molecule has 2 aromatic rings. The van der Waals surface area contributed by atoms with E-state index in [0.717, 1.165) is 19.3 Å². The Balaban J connectivity index is 1.94. The van der Waals surface area contributed by atoms with Crippen LogP contribution in [0.1, 0.15) is 25.2 Å². The average Bonchev–Trinajstić information content (AvgIpc) is 2.78. The molecule has 0 bridgehead atoms. The van der Waals surface area contributed by atoms with Crippen molar-refractivity contribution in [1.29, 1.82) is 0 Å². The van der Waals surface area contributed by atoms with Gasteiger partial charge in [-0.1, -0.05) is 23.7 Å². The quantitative estimate of drug-likeness (QED) is 0.903. The second-order valence-electron chi connectivity index (χ2n) is 4.77. The van der Waals surface area contributed by atoms with Gasteiger partial charge in [0, 0.05) is 12.1 Å². The highest BCUT2D eigenvalue weighted by molar-refractivity contribution is 5.54. The molecular formula is C13H14FN3O. The molecule has 4 nitrogen and oxygen atoms in total. The number of nitrogens with zero attached hydrogens (tertiary/aromatic N) is 2. The molecule has 2 N–H and O–H groups in total. The summed E-state index contributed by atoms with van der Waals surface area (Å²) in [7, 11) is 0. The number of hydrogen-bond donors (Lipinski definition) is 1. The average molecular weight is 247 g/mol. The molecule has 0 amide bonds. The predicted molar refractivity (Wildman–Crippen MR) is 64.3 cm³/mol. The molecule has 0 aliphatic heterocycles. The van der Waals surface area contributed by atoms with E-state index in [1.807, 2.05) is 0 Å². The zero-order valence-corrected chi connectivity index (χ0v) is 9.90. The number of benzene rings is 1. The highest BCUT2D eigenvalue weighted by atomic mass is 19.1. The molecule has 1 aliphatic carbocycles. The third-order valence-corrected chi connectivity index (χ3v) is 3.66. The van der Waals surface area contributed by atoms with Crippen molar-refractivity contribution >= 4 is 0 Å². The van der Waals surface area contributed by atoms with Crippen molar-refractivity contribution < 1.29 is 8.91 Å². The maximum atomic E-state index is 13.1. The minimum atomic E-state index is -0.309. The van der Waals surface area contributed by atoms with Crippen molar-refractivity contribution in [3.05, 3.63) is 36.0 Å². The summed E-state index contributed by atoms with van der Waals surface area (Å²) < 4.78 is 18.4. The zero-order valence-electron chi connectivity index (χ0n) is 9.90. The number of halogens is 1. The zero-order chi connectivity index (χ0) is 12.6. The Morgan fingerprint density at radius 2 is 2.22 bits per heavy atom. The highest BCUT2D eigenvalue weighted by Gasteiger charge is 2.42. The smallest absolute Gasteiger partial charge is 0.234 e. The molecule has 3 rings (SSSR count). The Kier molecular flexibility index (Phi) is 2.63. The van der Waals surface area contributed by atoms with Crippen LogP contribution in [0.4, 0.5) is 4.39 Å². The van der Waals surface area contributed by atoms with Crippen LogP contribution in [-0.4, -0.2) is 16.7 Å². The van der Waals surface area contributed by atoms with Crippen molar-refractivity contribution in [3.63, 3.8) is 0 Å². The van der Waals surface area contributed by atoms with Gasteiger partial charge >= 0.3 is 0 Å². The van der Waals surface area contributed by atoms with E-state index in [4.69, 9.17) is 10.3 Å². The summed E-state index contributed by atoms with van der Waals surface area (Å²) in [5, 5.41) is 3.92. The fraction of sp³-hybridized carbons (Fsp3) is 0.385. The summed E-state index contributed by atoms with van der Waals surface area (Å²) in [6.07, 6.45) is 3.09. The van der Waals surface area contributed by atoms with E-state index in [9.17, 15) is 4.39 Å². The third-order valence-electron chi connectivity index (χ3n) is 3.66. The Labute approximate surface area is 104 Å². The summed E-state index contributed by atoms with van der Waals surface area (Å²) >= 11 is 0. The van der Waals surface area contributed by atoms with Gasteiger partial charge in [-0.05, 0) is 25.0 Å². The number of aromatic nitrogens is 2. The van der Waals surface area contributed by atoms with E-state index in [1.165, 1.54) is 12.1 Å². The van der Waals surface area contributed by atoms with E-state index in [-0.39, 0.29) is 11.2 Å². The van der Waals surface area contributed by atoms with Gasteiger partial charge in [-0.2, -0.15) is 4.98 Å². The van der Waals surface area contributed by atoms with Crippen LogP contribution in [0.3, 0.4) is 0 Å². The fourth-order valence-electron chi connectivity index (χ4n) is 2.29. The van der Waals surface area contributed by atoms with Crippen LogP contribution in [-0.2, 0) is 5.41 Å². The lowest BCUT2D eigenvalue weighted by molar-refractivity contribution is 0.182. The molecule has 1 aliphatic rings. The Bertz CT molecular complexity index is 557. The van der Waals surface area contributed by atoms with Crippen molar-refractivity contribution in [2.45, 2.75) is 24.7 Å². The molecule has 0 saturated heterocycles. The van der Waals surface area contributed by atoms with Crippen LogP contribution >= 0.6 is 0 Å². The first-order chi connectivity index (χ1) is 8.73. The van der Waals surface area contributed by atoms with Crippen molar-refractivity contribution in [2.24, 2.45) is 5.73 Å².